The molecule has 8 heteroatoms. The molecular formula is C17H19N3O4S. The van der Waals surface area contributed by atoms with E-state index in [1.807, 2.05) is 6.07 Å². The summed E-state index contributed by atoms with van der Waals surface area (Å²) in [5.41, 5.74) is 1.41. The molecule has 2 rings (SSSR count). The minimum atomic E-state index is -3.69. The van der Waals surface area contributed by atoms with Crippen LogP contribution in [0.25, 0.3) is 0 Å². The van der Waals surface area contributed by atoms with Gasteiger partial charge in [0.05, 0.1) is 11.4 Å². The van der Waals surface area contributed by atoms with Crippen LogP contribution < -0.4 is 15.4 Å². The molecule has 3 N–H and O–H groups in total. The summed E-state index contributed by atoms with van der Waals surface area (Å²) in [6, 6.07) is 15.1. The molecule has 0 unspecified atom stereocenters. The molecule has 0 spiro atoms. The Hall–Kier alpha value is -2.87. The number of anilines is 3. The highest BCUT2D eigenvalue weighted by molar-refractivity contribution is 7.92. The fraction of sp³-hybridized carbons (Fsp3) is 0.176. The average molecular weight is 361 g/mol. The first-order chi connectivity index (χ1) is 11.8. The zero-order chi connectivity index (χ0) is 18.3. The Labute approximate surface area is 146 Å². The van der Waals surface area contributed by atoms with Gasteiger partial charge in [-0.05, 0) is 30.3 Å². The third kappa shape index (κ3) is 6.64. The summed E-state index contributed by atoms with van der Waals surface area (Å²) < 4.78 is 26.6. The van der Waals surface area contributed by atoms with Gasteiger partial charge >= 0.3 is 0 Å². The van der Waals surface area contributed by atoms with Crippen LogP contribution in [0, 0.1) is 0 Å². The van der Waals surface area contributed by atoms with Gasteiger partial charge in [-0.15, -0.1) is 0 Å². The highest BCUT2D eigenvalue weighted by Crippen LogP contribution is 2.16. The Kier molecular flexibility index (Phi) is 6.13. The predicted molar refractivity (Wildman–Crippen MR) is 97.8 cm³/mol. The van der Waals surface area contributed by atoms with E-state index in [-0.39, 0.29) is 24.0 Å². The highest BCUT2D eigenvalue weighted by atomic mass is 32.2. The minimum absolute atomic E-state index is 0.171. The van der Waals surface area contributed by atoms with Crippen LogP contribution in [0.4, 0.5) is 17.1 Å². The molecule has 0 atom stereocenters. The molecule has 0 aromatic heterocycles. The summed E-state index contributed by atoms with van der Waals surface area (Å²) in [6.45, 7) is 1.36. The Morgan fingerprint density at radius 3 is 2.20 bits per heavy atom. The van der Waals surface area contributed by atoms with Gasteiger partial charge in [-0.2, -0.15) is 0 Å². The van der Waals surface area contributed by atoms with Crippen LogP contribution >= 0.6 is 0 Å². The highest BCUT2D eigenvalue weighted by Gasteiger charge is 2.14. The monoisotopic (exact) mass is 361 g/mol. The Morgan fingerprint density at radius 2 is 1.52 bits per heavy atom. The number of nitrogens with one attached hydrogen (secondary N) is 3. The van der Waals surface area contributed by atoms with Gasteiger partial charge in [0.25, 0.3) is 0 Å². The molecule has 2 aromatic carbocycles. The van der Waals surface area contributed by atoms with Gasteiger partial charge in [-0.25, -0.2) is 8.42 Å². The van der Waals surface area contributed by atoms with Crippen LogP contribution in [0.15, 0.2) is 54.6 Å². The summed E-state index contributed by atoms with van der Waals surface area (Å²) in [6.07, 6.45) is -0.171. The van der Waals surface area contributed by atoms with Gasteiger partial charge in [0.15, 0.2) is 0 Å². The van der Waals surface area contributed by atoms with Crippen LogP contribution in [0.3, 0.4) is 0 Å². The van der Waals surface area contributed by atoms with Gasteiger partial charge in [-0.3, -0.25) is 14.3 Å². The topological polar surface area (TPSA) is 104 Å². The van der Waals surface area contributed by atoms with Crippen LogP contribution in [-0.2, 0) is 19.6 Å². The second-order valence-corrected chi connectivity index (χ2v) is 7.19. The lowest BCUT2D eigenvalue weighted by Crippen LogP contribution is -2.22. The van der Waals surface area contributed by atoms with Gasteiger partial charge in [0, 0.05) is 24.7 Å². The fourth-order valence-electron chi connectivity index (χ4n) is 2.07. The van der Waals surface area contributed by atoms with E-state index in [1.54, 1.807) is 42.5 Å². The lowest BCUT2D eigenvalue weighted by molar-refractivity contribution is -0.116. The second-order valence-electron chi connectivity index (χ2n) is 5.35. The Balaban J connectivity index is 1.91. The van der Waals surface area contributed by atoms with Crippen LogP contribution in [0.5, 0.6) is 0 Å². The average Bonchev–Trinajstić information content (AvgIpc) is 2.53. The van der Waals surface area contributed by atoms with Crippen molar-refractivity contribution in [2.24, 2.45) is 0 Å². The summed E-state index contributed by atoms with van der Waals surface area (Å²) in [4.78, 5) is 22.9. The number of hydrogen-bond acceptors (Lipinski definition) is 4. The van der Waals surface area contributed by atoms with Crippen molar-refractivity contribution in [1.82, 2.24) is 0 Å². The maximum Gasteiger partial charge on any atom is 0.233 e. The van der Waals surface area contributed by atoms with Crippen LogP contribution in [0.1, 0.15) is 13.3 Å². The molecule has 0 saturated heterocycles. The summed E-state index contributed by atoms with van der Waals surface area (Å²) >= 11 is 0. The number of carbonyl (C=O) groups excluding carboxylic acids is 2. The van der Waals surface area contributed by atoms with E-state index in [2.05, 4.69) is 15.4 Å². The van der Waals surface area contributed by atoms with E-state index >= 15 is 0 Å². The first kappa shape index (κ1) is 18.5. The zero-order valence-corrected chi connectivity index (χ0v) is 14.5. The zero-order valence-electron chi connectivity index (χ0n) is 13.7. The number of carbonyl (C=O) groups is 2. The van der Waals surface area contributed by atoms with E-state index < -0.39 is 10.0 Å². The maximum absolute atomic E-state index is 12.1. The third-order valence-corrected chi connectivity index (χ3v) is 4.40. The molecule has 132 valence electrons. The lowest BCUT2D eigenvalue weighted by Gasteiger charge is -2.10. The van der Waals surface area contributed by atoms with Crippen molar-refractivity contribution < 1.29 is 18.0 Å². The standard InChI is InChI=1S/C17H19N3O4S/c1-13(21)18-15-8-5-9-16(12-15)20-25(23,24)11-10-17(22)19-14-6-3-2-4-7-14/h2-9,12,20H,10-11H2,1H3,(H,18,21)(H,19,22). The number of para-hydroxylation sites is 1. The van der Waals surface area contributed by atoms with E-state index in [9.17, 15) is 18.0 Å². The van der Waals surface area contributed by atoms with Gasteiger partial charge in [-0.1, -0.05) is 24.3 Å². The number of amides is 2. The van der Waals surface area contributed by atoms with E-state index in [0.717, 1.165) is 0 Å². The van der Waals surface area contributed by atoms with Crippen molar-refractivity contribution in [2.75, 3.05) is 21.1 Å². The van der Waals surface area contributed by atoms with Crippen molar-refractivity contribution in [3.63, 3.8) is 0 Å². The van der Waals surface area contributed by atoms with Crippen molar-refractivity contribution in [3.8, 4) is 0 Å². The molecular weight excluding hydrogens is 342 g/mol. The molecule has 7 nitrogen and oxygen atoms in total. The van der Waals surface area contributed by atoms with Gasteiger partial charge in [0.1, 0.15) is 0 Å². The first-order valence-corrected chi connectivity index (χ1v) is 9.22. The molecule has 0 aliphatic heterocycles. The molecule has 0 fully saturated rings. The van der Waals surface area contributed by atoms with Gasteiger partial charge < -0.3 is 10.6 Å². The number of hydrogen-bond donors (Lipinski definition) is 3. The molecule has 0 bridgehead atoms. The summed E-state index contributed by atoms with van der Waals surface area (Å²) in [5, 5.41) is 5.20. The summed E-state index contributed by atoms with van der Waals surface area (Å²) in [5.74, 6) is -0.989. The molecule has 2 aromatic rings. The number of benzene rings is 2. The van der Waals surface area contributed by atoms with Crippen molar-refractivity contribution in [2.45, 2.75) is 13.3 Å². The van der Waals surface area contributed by atoms with Crippen LogP contribution in [-0.4, -0.2) is 26.0 Å². The quantitative estimate of drug-likeness (QED) is 0.704. The predicted octanol–water partition coefficient (Wildman–Crippen LogP) is 2.42. The largest absolute Gasteiger partial charge is 0.326 e. The fourth-order valence-corrected chi connectivity index (χ4v) is 3.11. The smallest absolute Gasteiger partial charge is 0.233 e. The molecule has 2 amide bonds. The molecule has 0 heterocycles. The number of sulfonamides is 1. The van der Waals surface area contributed by atoms with Gasteiger partial charge in [0.2, 0.25) is 21.8 Å². The second kappa shape index (κ2) is 8.29. The molecule has 0 aliphatic carbocycles. The first-order valence-electron chi connectivity index (χ1n) is 7.57. The number of rotatable bonds is 7. The molecule has 0 saturated carbocycles. The third-order valence-electron chi connectivity index (χ3n) is 3.11. The van der Waals surface area contributed by atoms with Crippen molar-refractivity contribution in [3.05, 3.63) is 54.6 Å². The lowest BCUT2D eigenvalue weighted by atomic mass is 10.3. The molecule has 25 heavy (non-hydrogen) atoms. The molecule has 0 aliphatic rings. The Morgan fingerprint density at radius 1 is 0.880 bits per heavy atom. The maximum atomic E-state index is 12.1. The van der Waals surface area contributed by atoms with E-state index in [1.165, 1.54) is 13.0 Å². The van der Waals surface area contributed by atoms with E-state index in [4.69, 9.17) is 0 Å². The Bertz CT molecular complexity index is 851. The van der Waals surface area contributed by atoms with Crippen molar-refractivity contribution >= 4 is 38.9 Å². The molecule has 0 radical (unpaired) electrons. The summed E-state index contributed by atoms with van der Waals surface area (Å²) in [7, 11) is -3.69. The van der Waals surface area contributed by atoms with Crippen LogP contribution in [0.2, 0.25) is 0 Å². The SMILES string of the molecule is CC(=O)Nc1cccc(NS(=O)(=O)CCC(=O)Nc2ccccc2)c1. The normalized spacial score (nSPS) is 10.8. The minimum Gasteiger partial charge on any atom is -0.326 e. The van der Waals surface area contributed by atoms with Crippen molar-refractivity contribution in [1.29, 1.82) is 0 Å². The van der Waals surface area contributed by atoms with E-state index in [0.29, 0.717) is 17.1 Å².